The predicted molar refractivity (Wildman–Crippen MR) is 198 cm³/mol. The van der Waals surface area contributed by atoms with Gasteiger partial charge in [-0.25, -0.2) is 18.7 Å². The Bertz CT molecular complexity index is 2020. The van der Waals surface area contributed by atoms with E-state index in [0.29, 0.717) is 47.2 Å². The molecule has 2 aliphatic heterocycles. The number of likely N-dealkylation sites (tertiary alicyclic amines) is 2. The van der Waals surface area contributed by atoms with Crippen LogP contribution in [0.1, 0.15) is 43.7 Å². The fraction of sp³-hybridized carbons (Fsp3) is 0.436. The van der Waals surface area contributed by atoms with Gasteiger partial charge in [0.05, 0.1) is 34.5 Å². The minimum absolute atomic E-state index is 0.182. The van der Waals surface area contributed by atoms with E-state index in [4.69, 9.17) is 5.73 Å². The zero-order valence-electron chi connectivity index (χ0n) is 29.3. The topological polar surface area (TPSA) is 114 Å². The molecule has 4 heterocycles. The van der Waals surface area contributed by atoms with Gasteiger partial charge in [-0.3, -0.25) is 9.59 Å². The lowest BCUT2D eigenvalue weighted by atomic mass is 10.0. The van der Waals surface area contributed by atoms with Crippen molar-refractivity contribution in [2.75, 3.05) is 39.3 Å². The molecule has 2 aliphatic rings. The van der Waals surface area contributed by atoms with Crippen LogP contribution < -0.4 is 22.2 Å². The zero-order valence-corrected chi connectivity index (χ0v) is 29.3. The van der Waals surface area contributed by atoms with Crippen molar-refractivity contribution in [1.29, 1.82) is 0 Å². The van der Waals surface area contributed by atoms with E-state index in [1.54, 1.807) is 21.3 Å². The van der Waals surface area contributed by atoms with Crippen molar-refractivity contribution in [3.63, 3.8) is 0 Å². The van der Waals surface area contributed by atoms with Gasteiger partial charge in [0.25, 0.3) is 11.1 Å². The van der Waals surface area contributed by atoms with Gasteiger partial charge < -0.3 is 30.0 Å². The third kappa shape index (κ3) is 9.70. The number of nitrogens with two attached hydrogens (primary N) is 1. The lowest BCUT2D eigenvalue weighted by Gasteiger charge is -2.32. The minimum Gasteiger partial charge on any atom is -0.328 e. The van der Waals surface area contributed by atoms with Gasteiger partial charge in [0.2, 0.25) is 0 Å². The Morgan fingerprint density at radius 2 is 1.16 bits per heavy atom. The van der Waals surface area contributed by atoms with Crippen LogP contribution in [0.5, 0.6) is 0 Å². The first-order valence-corrected chi connectivity index (χ1v) is 18.1. The molecule has 2 aromatic heterocycles. The summed E-state index contributed by atoms with van der Waals surface area (Å²) in [5.41, 5.74) is 10.6. The molecule has 0 atom stereocenters. The number of nitrogens with one attached hydrogen (secondary N) is 1. The normalized spacial score (nSPS) is 16.4. The Balaban J connectivity index is 0.000000187. The van der Waals surface area contributed by atoms with Gasteiger partial charge in [-0.1, -0.05) is 31.2 Å². The summed E-state index contributed by atoms with van der Waals surface area (Å²) < 4.78 is 30.3. The monoisotopic (exact) mass is 698 g/mol. The Morgan fingerprint density at radius 3 is 1.65 bits per heavy atom. The van der Waals surface area contributed by atoms with Crippen molar-refractivity contribution < 1.29 is 8.78 Å². The number of rotatable bonds is 10. The molecular weight excluding hydrogens is 650 g/mol. The molecule has 0 unspecified atom stereocenters. The summed E-state index contributed by atoms with van der Waals surface area (Å²) in [4.78, 5) is 37.1. The molecule has 3 N–H and O–H groups in total. The van der Waals surface area contributed by atoms with E-state index in [-0.39, 0.29) is 22.8 Å². The van der Waals surface area contributed by atoms with E-state index < -0.39 is 0 Å². The van der Waals surface area contributed by atoms with Crippen LogP contribution in [-0.4, -0.2) is 80.3 Å². The Morgan fingerprint density at radius 1 is 0.686 bits per heavy atom. The summed E-state index contributed by atoms with van der Waals surface area (Å²) in [7, 11) is 0. The van der Waals surface area contributed by atoms with Gasteiger partial charge in [0.1, 0.15) is 11.6 Å². The van der Waals surface area contributed by atoms with Crippen LogP contribution >= 0.6 is 0 Å². The van der Waals surface area contributed by atoms with Gasteiger partial charge in [0.15, 0.2) is 0 Å². The van der Waals surface area contributed by atoms with Crippen molar-refractivity contribution >= 4 is 22.1 Å². The summed E-state index contributed by atoms with van der Waals surface area (Å²) >= 11 is 0. The van der Waals surface area contributed by atoms with Crippen LogP contribution in [0.2, 0.25) is 0 Å². The molecule has 0 saturated carbocycles. The fourth-order valence-electron chi connectivity index (χ4n) is 6.91. The lowest BCUT2D eigenvalue weighted by molar-refractivity contribution is 0.191. The second-order valence-corrected chi connectivity index (χ2v) is 13.6. The number of fused-ring (bicyclic) bond motifs is 2. The minimum atomic E-state index is -0.354. The maximum atomic E-state index is 13.7. The fourth-order valence-corrected chi connectivity index (χ4v) is 6.91. The largest absolute Gasteiger partial charge is 0.328 e. The van der Waals surface area contributed by atoms with Crippen LogP contribution in [0.4, 0.5) is 8.78 Å². The zero-order chi connectivity index (χ0) is 35.7. The van der Waals surface area contributed by atoms with E-state index >= 15 is 0 Å². The summed E-state index contributed by atoms with van der Waals surface area (Å²) in [6.45, 7) is 9.60. The van der Waals surface area contributed by atoms with Gasteiger partial charge in [-0.15, -0.1) is 0 Å². The molecule has 0 spiro atoms. The summed E-state index contributed by atoms with van der Waals surface area (Å²) in [6.07, 6.45) is 7.85. The van der Waals surface area contributed by atoms with Crippen molar-refractivity contribution in [2.24, 2.45) is 5.73 Å². The number of aryl methyl sites for hydroxylation is 1. The van der Waals surface area contributed by atoms with Crippen LogP contribution in [-0.2, 0) is 26.1 Å². The Hall–Kier alpha value is -4.36. The van der Waals surface area contributed by atoms with Gasteiger partial charge in [0, 0.05) is 44.8 Å². The molecule has 270 valence electrons. The molecule has 0 radical (unpaired) electrons. The molecule has 7 rings (SSSR count). The third-order valence-electron chi connectivity index (χ3n) is 10.1. The number of nitrogens with zero attached hydrogens (tertiary/aromatic N) is 6. The van der Waals surface area contributed by atoms with Crippen molar-refractivity contribution in [2.45, 2.75) is 70.7 Å². The molecule has 2 fully saturated rings. The Labute approximate surface area is 296 Å². The Kier molecular flexibility index (Phi) is 12.3. The quantitative estimate of drug-likeness (QED) is 0.222. The maximum Gasteiger partial charge on any atom is 0.269 e. The van der Waals surface area contributed by atoms with Gasteiger partial charge in [-0.05, 0) is 106 Å². The SMILES string of the molecule is CCc1ccc(CNC2CCN(CCn3c(=O)cnc4ccc(F)cc43)CC2)cc1.NC1CCN(CCn2c(=O)cnc3ccc(F)cc32)CC1. The van der Waals surface area contributed by atoms with Crippen LogP contribution in [0.25, 0.3) is 22.1 Å². The first-order valence-electron chi connectivity index (χ1n) is 18.1. The average Bonchev–Trinajstić information content (AvgIpc) is 3.15. The number of aromatic nitrogens is 4. The number of benzene rings is 3. The molecule has 0 aliphatic carbocycles. The lowest BCUT2D eigenvalue weighted by Crippen LogP contribution is -2.43. The molecule has 0 amide bonds. The average molecular weight is 699 g/mol. The van der Waals surface area contributed by atoms with Crippen molar-refractivity contribution in [3.8, 4) is 0 Å². The number of halogens is 2. The second kappa shape index (κ2) is 17.2. The van der Waals surface area contributed by atoms with E-state index in [1.807, 2.05) is 0 Å². The molecular formula is C39H48F2N8O2. The molecule has 12 heteroatoms. The van der Waals surface area contributed by atoms with Gasteiger partial charge >= 0.3 is 0 Å². The highest BCUT2D eigenvalue weighted by atomic mass is 19.1. The van der Waals surface area contributed by atoms with Crippen LogP contribution in [0, 0.1) is 11.6 Å². The number of hydrogen-bond acceptors (Lipinski definition) is 8. The summed E-state index contributed by atoms with van der Waals surface area (Å²) in [6, 6.07) is 18.4. The number of piperidine rings is 2. The standard InChI is InChI=1S/C24H29FN4O.C15H19FN4O/c1-2-18-3-5-19(6-4-18)16-26-21-9-11-28(12-10-21)13-14-29-23-15-20(25)7-8-22(23)27-17-24(29)30;16-11-1-2-13-14(9-11)20(15(21)10-18-13)8-7-19-5-3-12(17)4-6-19/h3-8,15,17,21,26H,2,9-14,16H2,1H3;1-2,9-10,12H,3-8,17H2. The molecule has 5 aromatic rings. The summed E-state index contributed by atoms with van der Waals surface area (Å²) in [5, 5.41) is 3.68. The highest BCUT2D eigenvalue weighted by Crippen LogP contribution is 2.16. The predicted octanol–water partition coefficient (Wildman–Crippen LogP) is 4.31. The molecule has 51 heavy (non-hydrogen) atoms. The van der Waals surface area contributed by atoms with E-state index in [2.05, 4.69) is 56.3 Å². The molecule has 10 nitrogen and oxygen atoms in total. The molecule has 3 aromatic carbocycles. The second-order valence-electron chi connectivity index (χ2n) is 13.6. The molecule has 2 saturated heterocycles. The first-order chi connectivity index (χ1) is 24.7. The highest BCUT2D eigenvalue weighted by Gasteiger charge is 2.19. The van der Waals surface area contributed by atoms with Crippen LogP contribution in [0.15, 0.2) is 82.6 Å². The van der Waals surface area contributed by atoms with E-state index in [0.717, 1.165) is 77.9 Å². The third-order valence-corrected chi connectivity index (χ3v) is 10.1. The smallest absolute Gasteiger partial charge is 0.269 e. The van der Waals surface area contributed by atoms with Gasteiger partial charge in [-0.2, -0.15) is 0 Å². The van der Waals surface area contributed by atoms with E-state index in [1.165, 1.54) is 47.8 Å². The highest BCUT2D eigenvalue weighted by molar-refractivity contribution is 5.75. The first kappa shape index (κ1) is 36.4. The van der Waals surface area contributed by atoms with Crippen molar-refractivity contribution in [3.05, 3.63) is 117 Å². The van der Waals surface area contributed by atoms with Crippen LogP contribution in [0.3, 0.4) is 0 Å². The van der Waals surface area contributed by atoms with E-state index in [9.17, 15) is 18.4 Å². The maximum absolute atomic E-state index is 13.7. The summed E-state index contributed by atoms with van der Waals surface area (Å²) in [5.74, 6) is -0.701. The van der Waals surface area contributed by atoms with Crippen molar-refractivity contribution in [1.82, 2.24) is 34.2 Å². The molecule has 0 bridgehead atoms. The number of hydrogen-bond donors (Lipinski definition) is 2.